The summed E-state index contributed by atoms with van der Waals surface area (Å²) in [7, 11) is 0. The Balaban J connectivity index is 1.56. The van der Waals surface area contributed by atoms with E-state index in [0.717, 1.165) is 0 Å². The number of ether oxygens (including phenoxy) is 1. The van der Waals surface area contributed by atoms with Crippen LogP contribution >= 0.6 is 35.0 Å². The van der Waals surface area contributed by atoms with Crippen LogP contribution in [0, 0.1) is 0 Å². The smallest absolute Gasteiger partial charge is 0.209 e. The van der Waals surface area contributed by atoms with Gasteiger partial charge in [0.1, 0.15) is 12.4 Å². The minimum absolute atomic E-state index is 0.00423. The molecule has 0 aliphatic heterocycles. The number of aromatic amines is 1. The summed E-state index contributed by atoms with van der Waals surface area (Å²) < 4.78 is 5.61. The zero-order valence-electron chi connectivity index (χ0n) is 13.8. The van der Waals surface area contributed by atoms with Crippen LogP contribution in [0.3, 0.4) is 0 Å². The summed E-state index contributed by atoms with van der Waals surface area (Å²) in [5, 5.41) is 8.36. The van der Waals surface area contributed by atoms with E-state index >= 15 is 0 Å². The van der Waals surface area contributed by atoms with Crippen LogP contribution in [-0.4, -0.2) is 26.2 Å². The Kier molecular flexibility index (Phi) is 6.19. The molecule has 1 N–H and O–H groups in total. The van der Waals surface area contributed by atoms with Gasteiger partial charge in [0.25, 0.3) is 0 Å². The van der Waals surface area contributed by atoms with Gasteiger partial charge >= 0.3 is 0 Å². The van der Waals surface area contributed by atoms with Gasteiger partial charge in [-0.1, -0.05) is 35.0 Å². The molecule has 1 aromatic heterocycles. The number of thioether (sulfide) groups is 1. The molecule has 0 saturated heterocycles. The maximum atomic E-state index is 12.4. The Bertz CT molecular complexity index is 882. The van der Waals surface area contributed by atoms with Gasteiger partial charge in [-0.15, -0.1) is 5.10 Å². The molecule has 1 atom stereocenters. The van der Waals surface area contributed by atoms with E-state index in [1.807, 2.05) is 6.92 Å². The molecule has 5 nitrogen and oxygen atoms in total. The molecule has 134 valence electrons. The third-order valence-corrected chi connectivity index (χ3v) is 4.95. The van der Waals surface area contributed by atoms with Crippen LogP contribution in [0.25, 0.3) is 0 Å². The lowest BCUT2D eigenvalue weighted by Crippen LogP contribution is -2.13. The zero-order valence-corrected chi connectivity index (χ0v) is 16.1. The van der Waals surface area contributed by atoms with Crippen molar-refractivity contribution in [2.24, 2.45) is 0 Å². The fourth-order valence-electron chi connectivity index (χ4n) is 2.14. The Morgan fingerprint density at radius 3 is 2.38 bits per heavy atom. The van der Waals surface area contributed by atoms with Gasteiger partial charge in [0.15, 0.2) is 11.6 Å². The van der Waals surface area contributed by atoms with Crippen molar-refractivity contribution in [1.82, 2.24) is 15.2 Å². The van der Waals surface area contributed by atoms with Crippen LogP contribution in [0.2, 0.25) is 10.0 Å². The van der Waals surface area contributed by atoms with Gasteiger partial charge in [0, 0.05) is 15.6 Å². The lowest BCUT2D eigenvalue weighted by Gasteiger charge is -2.07. The zero-order chi connectivity index (χ0) is 18.5. The maximum absolute atomic E-state index is 12.4. The van der Waals surface area contributed by atoms with Crippen molar-refractivity contribution in [2.45, 2.75) is 23.9 Å². The molecule has 1 unspecified atom stereocenters. The van der Waals surface area contributed by atoms with Crippen molar-refractivity contribution >= 4 is 40.7 Å². The van der Waals surface area contributed by atoms with E-state index in [4.69, 9.17) is 27.9 Å². The Hall–Kier alpha value is -2.02. The summed E-state index contributed by atoms with van der Waals surface area (Å²) >= 11 is 13.0. The molecule has 2 aromatic carbocycles. The summed E-state index contributed by atoms with van der Waals surface area (Å²) in [6.07, 6.45) is 0. The van der Waals surface area contributed by atoms with E-state index in [2.05, 4.69) is 15.2 Å². The molecule has 3 rings (SSSR count). The van der Waals surface area contributed by atoms with Gasteiger partial charge in [0.05, 0.1) is 5.25 Å². The highest BCUT2D eigenvalue weighted by atomic mass is 35.5. The first-order chi connectivity index (χ1) is 12.5. The number of rotatable bonds is 7. The molecule has 26 heavy (non-hydrogen) atoms. The molecule has 3 aromatic rings. The molecule has 0 bridgehead atoms. The van der Waals surface area contributed by atoms with Crippen molar-refractivity contribution in [3.05, 3.63) is 70.0 Å². The first kappa shape index (κ1) is 18.8. The second-order valence-corrected chi connectivity index (χ2v) is 7.62. The van der Waals surface area contributed by atoms with Crippen LogP contribution in [0.15, 0.2) is 53.7 Å². The second kappa shape index (κ2) is 8.58. The topological polar surface area (TPSA) is 67.9 Å². The molecular formula is C18H15Cl2N3O2S. The molecule has 1 heterocycles. The number of carbonyl (C=O) groups is 1. The molecular weight excluding hydrogens is 393 g/mol. The van der Waals surface area contributed by atoms with E-state index < -0.39 is 0 Å². The van der Waals surface area contributed by atoms with Crippen molar-refractivity contribution in [3.63, 3.8) is 0 Å². The number of halogens is 2. The highest BCUT2D eigenvalue weighted by Gasteiger charge is 2.18. The summed E-state index contributed by atoms with van der Waals surface area (Å²) in [6.45, 7) is 2.07. The summed E-state index contributed by atoms with van der Waals surface area (Å²) in [4.78, 5) is 16.8. The summed E-state index contributed by atoms with van der Waals surface area (Å²) in [6, 6.07) is 13.9. The van der Waals surface area contributed by atoms with Gasteiger partial charge in [-0.05, 0) is 55.5 Å². The quantitative estimate of drug-likeness (QED) is 0.438. The molecule has 8 heteroatoms. The number of H-pyrrole nitrogens is 1. The first-order valence-corrected chi connectivity index (χ1v) is 9.41. The predicted molar refractivity (Wildman–Crippen MR) is 103 cm³/mol. The average molecular weight is 408 g/mol. The summed E-state index contributed by atoms with van der Waals surface area (Å²) in [5.41, 5.74) is 0.608. The number of ketones is 1. The number of aromatic nitrogens is 3. The van der Waals surface area contributed by atoms with E-state index in [-0.39, 0.29) is 17.6 Å². The van der Waals surface area contributed by atoms with E-state index in [0.29, 0.717) is 32.3 Å². The number of benzene rings is 2. The van der Waals surface area contributed by atoms with Crippen LogP contribution in [-0.2, 0) is 6.61 Å². The molecule has 0 fully saturated rings. The predicted octanol–water partition coefficient (Wildman–Crippen LogP) is 5.05. The Morgan fingerprint density at radius 1 is 1.12 bits per heavy atom. The minimum atomic E-state index is -0.322. The standard InChI is InChI=1S/C18H15Cl2N3O2S/c1-11(17(24)12-2-4-13(19)5-3-12)26-18-21-16(22-23-18)10-25-15-8-6-14(20)7-9-15/h2-9,11H,10H2,1H3,(H,21,22,23). The molecule has 0 amide bonds. The van der Waals surface area contributed by atoms with Crippen LogP contribution < -0.4 is 4.74 Å². The normalized spacial score (nSPS) is 12.0. The summed E-state index contributed by atoms with van der Waals surface area (Å²) in [5.74, 6) is 1.26. The Labute approximate surface area is 165 Å². The number of carbonyl (C=O) groups excluding carboxylic acids is 1. The number of nitrogens with one attached hydrogen (secondary N) is 1. The SMILES string of the molecule is CC(Sc1n[nH]c(COc2ccc(Cl)cc2)n1)C(=O)c1ccc(Cl)cc1. The van der Waals surface area contributed by atoms with E-state index in [1.165, 1.54) is 11.8 Å². The first-order valence-electron chi connectivity index (χ1n) is 7.77. The monoisotopic (exact) mass is 407 g/mol. The largest absolute Gasteiger partial charge is 0.486 e. The van der Waals surface area contributed by atoms with E-state index in [1.54, 1.807) is 48.5 Å². The lowest BCUT2D eigenvalue weighted by atomic mass is 10.1. The minimum Gasteiger partial charge on any atom is -0.486 e. The fourth-order valence-corrected chi connectivity index (χ4v) is 3.21. The molecule has 0 radical (unpaired) electrons. The van der Waals surface area contributed by atoms with E-state index in [9.17, 15) is 4.79 Å². The van der Waals surface area contributed by atoms with Crippen molar-refractivity contribution < 1.29 is 9.53 Å². The number of hydrogen-bond acceptors (Lipinski definition) is 5. The van der Waals surface area contributed by atoms with Gasteiger partial charge in [0.2, 0.25) is 5.16 Å². The molecule has 0 spiro atoms. The number of hydrogen-bond donors (Lipinski definition) is 1. The van der Waals surface area contributed by atoms with Crippen LogP contribution in [0.1, 0.15) is 23.1 Å². The molecule has 0 aliphatic rings. The lowest BCUT2D eigenvalue weighted by molar-refractivity contribution is 0.0994. The van der Waals surface area contributed by atoms with Crippen LogP contribution in [0.5, 0.6) is 5.75 Å². The Morgan fingerprint density at radius 2 is 1.73 bits per heavy atom. The highest BCUT2D eigenvalue weighted by molar-refractivity contribution is 8.00. The third-order valence-electron chi connectivity index (χ3n) is 3.48. The van der Waals surface area contributed by atoms with Gasteiger partial charge in [-0.25, -0.2) is 4.98 Å². The third kappa shape index (κ3) is 5.00. The van der Waals surface area contributed by atoms with Crippen molar-refractivity contribution in [3.8, 4) is 5.75 Å². The fraction of sp³-hybridized carbons (Fsp3) is 0.167. The van der Waals surface area contributed by atoms with Gasteiger partial charge in [-0.2, -0.15) is 0 Å². The van der Waals surface area contributed by atoms with Crippen molar-refractivity contribution in [2.75, 3.05) is 0 Å². The van der Waals surface area contributed by atoms with Crippen molar-refractivity contribution in [1.29, 1.82) is 0 Å². The molecule has 0 saturated carbocycles. The van der Waals surface area contributed by atoms with Gasteiger partial charge in [-0.3, -0.25) is 9.89 Å². The van der Waals surface area contributed by atoms with Crippen LogP contribution in [0.4, 0.5) is 0 Å². The second-order valence-electron chi connectivity index (χ2n) is 5.44. The number of Topliss-reactive ketones (excluding diaryl/α,β-unsaturated/α-hetero) is 1. The number of nitrogens with zero attached hydrogens (tertiary/aromatic N) is 2. The maximum Gasteiger partial charge on any atom is 0.209 e. The average Bonchev–Trinajstić information content (AvgIpc) is 3.08. The highest BCUT2D eigenvalue weighted by Crippen LogP contribution is 2.23. The molecule has 0 aliphatic carbocycles. The van der Waals surface area contributed by atoms with Gasteiger partial charge < -0.3 is 4.74 Å².